The van der Waals surface area contributed by atoms with Gasteiger partial charge in [-0.05, 0) is 40.2 Å². The Morgan fingerprint density at radius 3 is 2.50 bits per heavy atom. The quantitative estimate of drug-likeness (QED) is 0.751. The van der Waals surface area contributed by atoms with Crippen molar-refractivity contribution < 1.29 is 17.5 Å². The summed E-state index contributed by atoms with van der Waals surface area (Å²) in [5, 5.41) is 0. The van der Waals surface area contributed by atoms with Gasteiger partial charge in [0.1, 0.15) is 18.2 Å². The van der Waals surface area contributed by atoms with Crippen molar-refractivity contribution >= 4 is 35.7 Å². The molecule has 0 bridgehead atoms. The van der Waals surface area contributed by atoms with E-state index < -0.39 is 9.05 Å². The molecule has 0 spiro atoms. The van der Waals surface area contributed by atoms with E-state index in [4.69, 9.17) is 15.4 Å². The lowest BCUT2D eigenvalue weighted by Crippen LogP contribution is -1.99. The second-order valence-corrected chi connectivity index (χ2v) is 7.33. The minimum atomic E-state index is -3.79. The molecule has 3 nitrogen and oxygen atoms in total. The van der Waals surface area contributed by atoms with Gasteiger partial charge in [0.2, 0.25) is 0 Å². The molecule has 0 radical (unpaired) electrons. The number of hydrogen-bond donors (Lipinski definition) is 0. The molecule has 0 aliphatic carbocycles. The molecule has 0 aliphatic heterocycles. The third kappa shape index (κ3) is 3.71. The fourth-order valence-electron chi connectivity index (χ4n) is 1.52. The van der Waals surface area contributed by atoms with E-state index in [0.29, 0.717) is 15.8 Å². The Bertz CT molecular complexity index is 734. The van der Waals surface area contributed by atoms with Crippen molar-refractivity contribution in [2.45, 2.75) is 11.5 Å². The Morgan fingerprint density at radius 2 is 1.90 bits per heavy atom. The highest BCUT2D eigenvalue weighted by Crippen LogP contribution is 2.29. The Labute approximate surface area is 128 Å². The molecule has 0 fully saturated rings. The summed E-state index contributed by atoms with van der Waals surface area (Å²) in [7, 11) is 1.45. The van der Waals surface area contributed by atoms with Gasteiger partial charge in [-0.1, -0.05) is 18.2 Å². The van der Waals surface area contributed by atoms with Gasteiger partial charge in [-0.3, -0.25) is 0 Å². The molecule has 2 aromatic rings. The van der Waals surface area contributed by atoms with E-state index in [0.717, 1.165) is 0 Å². The van der Waals surface area contributed by atoms with Crippen LogP contribution in [0, 0.1) is 5.82 Å². The number of benzene rings is 2. The maximum Gasteiger partial charge on any atom is 0.261 e. The fourth-order valence-corrected chi connectivity index (χ4v) is 2.94. The zero-order valence-corrected chi connectivity index (χ0v) is 13.2. The lowest BCUT2D eigenvalue weighted by molar-refractivity contribution is 0.298. The first kappa shape index (κ1) is 15.3. The third-order valence-electron chi connectivity index (χ3n) is 2.53. The van der Waals surface area contributed by atoms with Crippen molar-refractivity contribution in [3.05, 3.63) is 58.3 Å². The first-order valence-electron chi connectivity index (χ1n) is 5.48. The van der Waals surface area contributed by atoms with Crippen LogP contribution in [0.4, 0.5) is 4.39 Å². The maximum atomic E-state index is 13.4. The molecule has 0 aliphatic rings. The van der Waals surface area contributed by atoms with Gasteiger partial charge in [-0.25, -0.2) is 12.8 Å². The van der Waals surface area contributed by atoms with Crippen molar-refractivity contribution in [2.75, 3.05) is 0 Å². The maximum absolute atomic E-state index is 13.4. The molecule has 0 heterocycles. The summed E-state index contributed by atoms with van der Waals surface area (Å²) < 4.78 is 41.6. The topological polar surface area (TPSA) is 43.4 Å². The van der Waals surface area contributed by atoms with Gasteiger partial charge >= 0.3 is 0 Å². The predicted octanol–water partition coefficient (Wildman–Crippen LogP) is 4.09. The van der Waals surface area contributed by atoms with Crippen LogP contribution in [0.25, 0.3) is 0 Å². The zero-order valence-electron chi connectivity index (χ0n) is 10.0. The lowest BCUT2D eigenvalue weighted by Gasteiger charge is -2.09. The van der Waals surface area contributed by atoms with E-state index in [2.05, 4.69) is 15.9 Å². The van der Waals surface area contributed by atoms with E-state index >= 15 is 0 Å². The summed E-state index contributed by atoms with van der Waals surface area (Å²) in [6.45, 7) is 0.0399. The smallest absolute Gasteiger partial charge is 0.261 e. The summed E-state index contributed by atoms with van der Waals surface area (Å²) in [4.78, 5) is -0.0377. The largest absolute Gasteiger partial charge is 0.488 e. The molecule has 20 heavy (non-hydrogen) atoms. The SMILES string of the molecule is O=S(=O)(Cl)c1ccc(OCc2ccccc2F)c(Br)c1. The van der Waals surface area contributed by atoms with Crippen LogP contribution in [0.1, 0.15) is 5.56 Å². The summed E-state index contributed by atoms with van der Waals surface area (Å²) in [6.07, 6.45) is 0. The van der Waals surface area contributed by atoms with Crippen molar-refractivity contribution in [1.82, 2.24) is 0 Å². The normalized spacial score (nSPS) is 11.3. The molecule has 0 atom stereocenters. The van der Waals surface area contributed by atoms with Gasteiger partial charge in [0.25, 0.3) is 9.05 Å². The molecule has 0 aromatic heterocycles. The van der Waals surface area contributed by atoms with Crippen LogP contribution in [-0.2, 0) is 15.7 Å². The second kappa shape index (κ2) is 6.11. The number of hydrogen-bond acceptors (Lipinski definition) is 3. The third-order valence-corrected chi connectivity index (χ3v) is 4.50. The highest BCUT2D eigenvalue weighted by Gasteiger charge is 2.13. The molecule has 106 valence electrons. The van der Waals surface area contributed by atoms with Crippen LogP contribution in [0.3, 0.4) is 0 Å². The molecule has 0 amide bonds. The van der Waals surface area contributed by atoms with Gasteiger partial charge < -0.3 is 4.74 Å². The van der Waals surface area contributed by atoms with Gasteiger partial charge in [-0.15, -0.1) is 0 Å². The van der Waals surface area contributed by atoms with Crippen LogP contribution in [0.5, 0.6) is 5.75 Å². The van der Waals surface area contributed by atoms with Gasteiger partial charge in [0, 0.05) is 16.2 Å². The van der Waals surface area contributed by atoms with Crippen molar-refractivity contribution in [3.63, 3.8) is 0 Å². The average Bonchev–Trinajstić information content (AvgIpc) is 2.38. The Hall–Kier alpha value is -1.11. The van der Waals surface area contributed by atoms with Crippen LogP contribution in [-0.4, -0.2) is 8.42 Å². The Kier molecular flexibility index (Phi) is 4.67. The van der Waals surface area contributed by atoms with Crippen molar-refractivity contribution in [3.8, 4) is 5.75 Å². The highest BCUT2D eigenvalue weighted by molar-refractivity contribution is 9.10. The standard InChI is InChI=1S/C13H9BrClFO3S/c14-11-7-10(20(15,17)18)5-6-13(11)19-8-9-3-1-2-4-12(9)16/h1-7H,8H2. The van der Waals surface area contributed by atoms with Crippen LogP contribution in [0.2, 0.25) is 0 Å². The molecular weight excluding hydrogens is 371 g/mol. The van der Waals surface area contributed by atoms with Crippen LogP contribution in [0.15, 0.2) is 51.8 Å². The van der Waals surface area contributed by atoms with Crippen LogP contribution < -0.4 is 4.74 Å². The monoisotopic (exact) mass is 378 g/mol. The van der Waals surface area contributed by atoms with Gasteiger partial charge in [-0.2, -0.15) is 0 Å². The molecule has 2 aromatic carbocycles. The van der Waals surface area contributed by atoms with E-state index in [1.54, 1.807) is 18.2 Å². The minimum Gasteiger partial charge on any atom is -0.488 e. The summed E-state index contributed by atoms with van der Waals surface area (Å²) >= 11 is 3.19. The van der Waals surface area contributed by atoms with Crippen molar-refractivity contribution in [2.24, 2.45) is 0 Å². The highest BCUT2D eigenvalue weighted by atomic mass is 79.9. The lowest BCUT2D eigenvalue weighted by atomic mass is 10.2. The first-order chi connectivity index (χ1) is 9.38. The Balaban J connectivity index is 2.17. The molecule has 0 saturated carbocycles. The van der Waals surface area contributed by atoms with E-state index in [-0.39, 0.29) is 17.3 Å². The summed E-state index contributed by atoms with van der Waals surface area (Å²) in [5.41, 5.74) is 0.411. The van der Waals surface area contributed by atoms with Gasteiger partial charge in [0.15, 0.2) is 0 Å². The molecule has 7 heteroatoms. The molecule has 0 saturated heterocycles. The molecular formula is C13H9BrClFO3S. The fraction of sp³-hybridized carbons (Fsp3) is 0.0769. The first-order valence-corrected chi connectivity index (χ1v) is 8.58. The zero-order chi connectivity index (χ0) is 14.8. The molecule has 0 unspecified atom stereocenters. The van der Waals surface area contributed by atoms with E-state index in [1.165, 1.54) is 24.3 Å². The number of halogens is 3. The summed E-state index contributed by atoms with van der Waals surface area (Å²) in [6, 6.07) is 10.4. The van der Waals surface area contributed by atoms with E-state index in [1.807, 2.05) is 0 Å². The summed E-state index contributed by atoms with van der Waals surface area (Å²) in [5.74, 6) is 0.0425. The number of ether oxygens (including phenoxy) is 1. The van der Waals surface area contributed by atoms with Gasteiger partial charge in [0.05, 0.1) is 9.37 Å². The molecule has 2 rings (SSSR count). The van der Waals surface area contributed by atoms with Crippen molar-refractivity contribution in [1.29, 1.82) is 0 Å². The van der Waals surface area contributed by atoms with E-state index in [9.17, 15) is 12.8 Å². The second-order valence-electron chi connectivity index (χ2n) is 3.91. The van der Waals surface area contributed by atoms with Crippen LogP contribution >= 0.6 is 26.6 Å². The predicted molar refractivity (Wildman–Crippen MR) is 77.9 cm³/mol. The Morgan fingerprint density at radius 1 is 1.20 bits per heavy atom. The number of rotatable bonds is 4. The average molecular weight is 380 g/mol. The molecule has 0 N–H and O–H groups in total. The minimum absolute atomic E-state index is 0.0377.